The molecule has 2 aromatic heterocycles. The van der Waals surface area contributed by atoms with Crippen LogP contribution in [0.5, 0.6) is 5.75 Å². The van der Waals surface area contributed by atoms with Crippen molar-refractivity contribution in [3.8, 4) is 11.4 Å². The molecule has 0 spiro atoms. The van der Waals surface area contributed by atoms with E-state index in [0.29, 0.717) is 17.1 Å². The molecule has 0 saturated heterocycles. The highest BCUT2D eigenvalue weighted by molar-refractivity contribution is 5.77. The molecule has 9 nitrogen and oxygen atoms in total. The second kappa shape index (κ2) is 7.79. The van der Waals surface area contributed by atoms with Crippen molar-refractivity contribution in [1.29, 1.82) is 0 Å². The fraction of sp³-hybridized carbons (Fsp3) is 0.421. The third-order valence-corrected chi connectivity index (χ3v) is 5.01. The van der Waals surface area contributed by atoms with Gasteiger partial charge in [0.2, 0.25) is 5.91 Å². The van der Waals surface area contributed by atoms with Crippen LogP contribution in [0, 0.1) is 0 Å². The Kier molecular flexibility index (Phi) is 5.05. The molecule has 0 radical (unpaired) electrons. The second-order valence-corrected chi connectivity index (χ2v) is 6.96. The Morgan fingerprint density at radius 2 is 2.11 bits per heavy atom. The largest absolute Gasteiger partial charge is 0.497 e. The Balaban J connectivity index is 1.57. The summed E-state index contributed by atoms with van der Waals surface area (Å²) in [6, 6.07) is 7.43. The molecule has 1 amide bonds. The standard InChI is InChI=1S/C19H22N6O3/c1-28-15-9-5-8-14(10-15)25-18-17(22-23-25)19(27)24(12-20-18)11-16(26)21-13-6-3-2-4-7-13/h5,8-10,12-13H,2-4,6-7,11H2,1H3,(H,21,26). The van der Waals surface area contributed by atoms with E-state index < -0.39 is 5.56 Å². The SMILES string of the molecule is COc1cccc(-n2nnc3c(=O)n(CC(=O)NC4CCCCC4)cnc32)c1. The summed E-state index contributed by atoms with van der Waals surface area (Å²) in [7, 11) is 1.58. The first-order chi connectivity index (χ1) is 13.7. The number of nitrogens with one attached hydrogen (secondary N) is 1. The van der Waals surface area contributed by atoms with Gasteiger partial charge in [-0.2, -0.15) is 4.68 Å². The van der Waals surface area contributed by atoms with Crippen molar-refractivity contribution in [2.24, 2.45) is 0 Å². The second-order valence-electron chi connectivity index (χ2n) is 6.96. The van der Waals surface area contributed by atoms with Crippen LogP contribution in [0.15, 0.2) is 35.4 Å². The number of hydrogen-bond acceptors (Lipinski definition) is 6. The zero-order chi connectivity index (χ0) is 19.5. The molecule has 1 fully saturated rings. The molecule has 2 heterocycles. The first-order valence-corrected chi connectivity index (χ1v) is 9.40. The fourth-order valence-electron chi connectivity index (χ4n) is 3.55. The average molecular weight is 382 g/mol. The minimum atomic E-state index is -0.391. The predicted molar refractivity (Wildman–Crippen MR) is 102 cm³/mol. The van der Waals surface area contributed by atoms with Crippen LogP contribution < -0.4 is 15.6 Å². The lowest BCUT2D eigenvalue weighted by atomic mass is 9.95. The highest BCUT2D eigenvalue weighted by Gasteiger charge is 2.18. The predicted octanol–water partition coefficient (Wildman–Crippen LogP) is 1.43. The lowest BCUT2D eigenvalue weighted by Crippen LogP contribution is -2.39. The molecule has 3 aromatic rings. The van der Waals surface area contributed by atoms with E-state index in [-0.39, 0.29) is 24.0 Å². The Morgan fingerprint density at radius 3 is 2.89 bits per heavy atom. The van der Waals surface area contributed by atoms with Crippen LogP contribution in [0.1, 0.15) is 32.1 Å². The summed E-state index contributed by atoms with van der Waals surface area (Å²) >= 11 is 0. The molecule has 1 N–H and O–H groups in total. The van der Waals surface area contributed by atoms with Gasteiger partial charge in [-0.3, -0.25) is 14.2 Å². The number of methoxy groups -OCH3 is 1. The molecular weight excluding hydrogens is 360 g/mol. The van der Waals surface area contributed by atoms with Crippen LogP contribution in [0.3, 0.4) is 0 Å². The van der Waals surface area contributed by atoms with E-state index in [1.54, 1.807) is 13.2 Å². The molecule has 28 heavy (non-hydrogen) atoms. The molecular formula is C19H22N6O3. The molecule has 0 bridgehead atoms. The van der Waals surface area contributed by atoms with Gasteiger partial charge in [0.05, 0.1) is 12.8 Å². The van der Waals surface area contributed by atoms with Crippen molar-refractivity contribution in [2.75, 3.05) is 7.11 Å². The molecule has 0 unspecified atom stereocenters. The maximum atomic E-state index is 12.7. The van der Waals surface area contributed by atoms with Crippen LogP contribution in [0.2, 0.25) is 0 Å². The summed E-state index contributed by atoms with van der Waals surface area (Å²) in [5, 5.41) is 11.0. The number of ether oxygens (including phenoxy) is 1. The molecule has 1 aliphatic rings. The monoisotopic (exact) mass is 382 g/mol. The van der Waals surface area contributed by atoms with Gasteiger partial charge in [-0.25, -0.2) is 4.98 Å². The van der Waals surface area contributed by atoms with Gasteiger partial charge in [-0.05, 0) is 25.0 Å². The number of nitrogens with zero attached hydrogens (tertiary/aromatic N) is 5. The van der Waals surface area contributed by atoms with Crippen LogP contribution in [-0.2, 0) is 11.3 Å². The number of benzene rings is 1. The van der Waals surface area contributed by atoms with Crippen molar-refractivity contribution in [1.82, 2.24) is 29.9 Å². The quantitative estimate of drug-likeness (QED) is 0.716. The van der Waals surface area contributed by atoms with E-state index in [2.05, 4.69) is 20.6 Å². The van der Waals surface area contributed by atoms with Crippen molar-refractivity contribution < 1.29 is 9.53 Å². The Bertz CT molecular complexity index is 1050. The molecule has 1 aliphatic carbocycles. The zero-order valence-electron chi connectivity index (χ0n) is 15.7. The number of aromatic nitrogens is 5. The van der Waals surface area contributed by atoms with E-state index in [1.807, 2.05) is 18.2 Å². The highest BCUT2D eigenvalue weighted by Crippen LogP contribution is 2.18. The topological polar surface area (TPSA) is 104 Å². The third kappa shape index (κ3) is 3.60. The number of carbonyl (C=O) groups excluding carboxylic acids is 1. The minimum Gasteiger partial charge on any atom is -0.497 e. The van der Waals surface area contributed by atoms with Crippen LogP contribution in [0.25, 0.3) is 16.9 Å². The summed E-state index contributed by atoms with van der Waals surface area (Å²) in [5.41, 5.74) is 0.748. The first-order valence-electron chi connectivity index (χ1n) is 9.40. The maximum absolute atomic E-state index is 12.7. The summed E-state index contributed by atoms with van der Waals surface area (Å²) < 4.78 is 7.97. The van der Waals surface area contributed by atoms with Gasteiger partial charge >= 0.3 is 0 Å². The van der Waals surface area contributed by atoms with Crippen molar-refractivity contribution >= 4 is 17.1 Å². The van der Waals surface area contributed by atoms with Crippen LogP contribution in [0.4, 0.5) is 0 Å². The maximum Gasteiger partial charge on any atom is 0.284 e. The number of amides is 1. The number of carbonyl (C=O) groups is 1. The van der Waals surface area contributed by atoms with E-state index in [0.717, 1.165) is 25.7 Å². The third-order valence-electron chi connectivity index (χ3n) is 5.01. The lowest BCUT2D eigenvalue weighted by Gasteiger charge is -2.22. The number of rotatable bonds is 5. The molecule has 146 valence electrons. The highest BCUT2D eigenvalue weighted by atomic mass is 16.5. The summed E-state index contributed by atoms with van der Waals surface area (Å²) in [5.74, 6) is 0.476. The van der Waals surface area contributed by atoms with E-state index in [9.17, 15) is 9.59 Å². The molecule has 9 heteroatoms. The fourth-order valence-corrected chi connectivity index (χ4v) is 3.55. The minimum absolute atomic E-state index is 0.0791. The number of hydrogen-bond donors (Lipinski definition) is 1. The van der Waals surface area contributed by atoms with Gasteiger partial charge in [-0.15, -0.1) is 5.10 Å². The van der Waals surface area contributed by atoms with Gasteiger partial charge in [0.1, 0.15) is 18.6 Å². The van der Waals surface area contributed by atoms with Crippen LogP contribution in [-0.4, -0.2) is 43.6 Å². The first kappa shape index (κ1) is 18.1. The van der Waals surface area contributed by atoms with Gasteiger partial charge in [0.25, 0.3) is 5.56 Å². The van der Waals surface area contributed by atoms with Crippen molar-refractivity contribution in [3.63, 3.8) is 0 Å². The molecule has 4 rings (SSSR count). The van der Waals surface area contributed by atoms with Crippen LogP contribution >= 0.6 is 0 Å². The Labute approximate surface area is 161 Å². The molecule has 0 aliphatic heterocycles. The van der Waals surface area contributed by atoms with E-state index in [1.165, 1.54) is 22.0 Å². The Morgan fingerprint density at radius 1 is 1.29 bits per heavy atom. The Hall–Kier alpha value is -3.23. The lowest BCUT2D eigenvalue weighted by molar-refractivity contribution is -0.122. The smallest absolute Gasteiger partial charge is 0.284 e. The van der Waals surface area contributed by atoms with Gasteiger partial charge < -0.3 is 10.1 Å². The normalized spacial score (nSPS) is 14.9. The van der Waals surface area contributed by atoms with Gasteiger partial charge in [-0.1, -0.05) is 30.5 Å². The van der Waals surface area contributed by atoms with Gasteiger partial charge in [0.15, 0.2) is 11.2 Å². The average Bonchev–Trinajstić information content (AvgIpc) is 3.16. The summed E-state index contributed by atoms with van der Waals surface area (Å²) in [6.07, 6.45) is 6.83. The number of fused-ring (bicyclic) bond motifs is 1. The zero-order valence-corrected chi connectivity index (χ0v) is 15.7. The van der Waals surface area contributed by atoms with E-state index in [4.69, 9.17) is 4.74 Å². The molecule has 1 saturated carbocycles. The van der Waals surface area contributed by atoms with Crippen molar-refractivity contribution in [3.05, 3.63) is 40.9 Å². The van der Waals surface area contributed by atoms with Crippen molar-refractivity contribution in [2.45, 2.75) is 44.7 Å². The molecule has 1 aromatic carbocycles. The van der Waals surface area contributed by atoms with Gasteiger partial charge in [0, 0.05) is 12.1 Å². The van der Waals surface area contributed by atoms with E-state index >= 15 is 0 Å². The summed E-state index contributed by atoms with van der Waals surface area (Å²) in [4.78, 5) is 29.4. The molecule has 0 atom stereocenters. The summed E-state index contributed by atoms with van der Waals surface area (Å²) in [6.45, 7) is -0.0791.